The van der Waals surface area contributed by atoms with Crippen LogP contribution in [-0.2, 0) is 4.79 Å². The second-order valence-corrected chi connectivity index (χ2v) is 9.88. The van der Waals surface area contributed by atoms with Crippen LogP contribution in [0.4, 0.5) is 15.1 Å². The molecule has 1 aliphatic rings. The molecule has 2 heterocycles. The molecule has 5 rings (SSSR count). The third kappa shape index (κ3) is 4.58. The molecule has 0 radical (unpaired) electrons. The molecule has 0 N–H and O–H groups in total. The monoisotopic (exact) mass is 537 g/mol. The number of benzene rings is 3. The molecule has 1 aromatic heterocycles. The Morgan fingerprint density at radius 1 is 1.11 bits per heavy atom. The molecule has 0 atom stereocenters. The van der Waals surface area contributed by atoms with Gasteiger partial charge in [-0.2, -0.15) is 9.28 Å². The summed E-state index contributed by atoms with van der Waals surface area (Å²) in [4.78, 5) is 38.0. The van der Waals surface area contributed by atoms with E-state index in [1.165, 1.54) is 17.6 Å². The van der Waals surface area contributed by atoms with Gasteiger partial charge < -0.3 is 9.80 Å². The lowest BCUT2D eigenvalue weighted by Gasteiger charge is -2.35. The molecule has 0 aliphatic carbocycles. The molecule has 0 bridgehead atoms. The van der Waals surface area contributed by atoms with Crippen LogP contribution in [0.15, 0.2) is 65.0 Å². The number of nitroso groups, excluding NO2 is 2. The molecule has 1 amide bonds. The van der Waals surface area contributed by atoms with E-state index in [0.717, 1.165) is 15.8 Å². The summed E-state index contributed by atoms with van der Waals surface area (Å²) in [6.45, 7) is 5.76. The molecule has 0 saturated carbocycles. The lowest BCUT2D eigenvalue weighted by molar-refractivity contribution is -0.127. The number of anilines is 1. The van der Waals surface area contributed by atoms with E-state index < -0.39 is 5.82 Å². The molecule has 11 heteroatoms. The average Bonchev–Trinajstić information content (AvgIpc) is 3.35. The predicted molar refractivity (Wildman–Crippen MR) is 146 cm³/mol. The number of aromatic nitrogens is 1. The van der Waals surface area contributed by atoms with E-state index in [0.29, 0.717) is 42.7 Å². The highest BCUT2D eigenvalue weighted by atomic mass is 35.5. The number of rotatable bonds is 7. The maximum Gasteiger partial charge on any atom is 0.249 e. The van der Waals surface area contributed by atoms with Crippen LogP contribution in [0.1, 0.15) is 6.42 Å². The molecule has 37 heavy (non-hydrogen) atoms. The molecular weight excluding hydrogens is 517 g/mol. The first-order valence-electron chi connectivity index (χ1n) is 11.6. The topological polar surface area (TPSA) is 95.3 Å². The summed E-state index contributed by atoms with van der Waals surface area (Å²) in [5.41, 5.74) is 1.39. The first-order valence-corrected chi connectivity index (χ1v) is 12.7. The minimum atomic E-state index is -0.563. The van der Waals surface area contributed by atoms with Gasteiger partial charge in [0.2, 0.25) is 5.91 Å². The normalized spacial score (nSPS) is 13.8. The summed E-state index contributed by atoms with van der Waals surface area (Å²) in [6.07, 6.45) is 0.239. The van der Waals surface area contributed by atoms with Crippen LogP contribution in [-0.4, -0.2) is 47.9 Å². The zero-order valence-corrected chi connectivity index (χ0v) is 21.2. The molecular formula is C26H21ClFN5O3S. The average molecular weight is 538 g/mol. The summed E-state index contributed by atoms with van der Waals surface area (Å²) in [6, 6.07) is 12.2. The van der Waals surface area contributed by atoms with E-state index in [2.05, 4.69) is 26.2 Å². The molecule has 0 spiro atoms. The van der Waals surface area contributed by atoms with Crippen molar-refractivity contribution in [2.75, 3.05) is 37.6 Å². The fourth-order valence-corrected chi connectivity index (χ4v) is 5.85. The Bertz CT molecular complexity index is 1570. The van der Waals surface area contributed by atoms with Gasteiger partial charge in [0.25, 0.3) is 0 Å². The highest BCUT2D eigenvalue weighted by molar-refractivity contribution is 7.11. The molecule has 8 nitrogen and oxygen atoms in total. The second kappa shape index (κ2) is 10.3. The molecule has 1 saturated heterocycles. The Balaban J connectivity index is 1.46. The number of fused-ring (bicyclic) bond motifs is 2. The quantitative estimate of drug-likeness (QED) is 0.194. The second-order valence-electron chi connectivity index (χ2n) is 8.72. The Hall–Kier alpha value is -3.76. The fourth-order valence-electron chi connectivity index (χ4n) is 4.65. The van der Waals surface area contributed by atoms with Crippen molar-refractivity contribution in [3.8, 4) is 11.1 Å². The SMILES string of the molecule is C=C(CCN=O)C(=O)N1CCN(c2snc3c(F)c(-c4cc(N=O)cc5ccccc45)c(Cl)cc23)CC1. The van der Waals surface area contributed by atoms with Gasteiger partial charge in [-0.1, -0.05) is 47.6 Å². The molecule has 1 fully saturated rings. The van der Waals surface area contributed by atoms with Gasteiger partial charge in [-0.05, 0) is 51.2 Å². The van der Waals surface area contributed by atoms with Crippen molar-refractivity contribution < 1.29 is 9.18 Å². The van der Waals surface area contributed by atoms with Crippen LogP contribution >= 0.6 is 23.1 Å². The number of nitrogens with zero attached hydrogens (tertiary/aromatic N) is 5. The minimum Gasteiger partial charge on any atom is -0.358 e. The highest BCUT2D eigenvalue weighted by Gasteiger charge is 2.27. The van der Waals surface area contributed by atoms with E-state index >= 15 is 4.39 Å². The Morgan fingerprint density at radius 3 is 2.59 bits per heavy atom. The van der Waals surface area contributed by atoms with Gasteiger partial charge in [0, 0.05) is 49.1 Å². The van der Waals surface area contributed by atoms with E-state index in [4.69, 9.17) is 11.6 Å². The molecule has 1 aliphatic heterocycles. The molecule has 0 unspecified atom stereocenters. The van der Waals surface area contributed by atoms with Crippen LogP contribution in [0, 0.1) is 15.6 Å². The number of hydrogen-bond donors (Lipinski definition) is 0. The summed E-state index contributed by atoms with van der Waals surface area (Å²) >= 11 is 7.84. The van der Waals surface area contributed by atoms with Crippen molar-refractivity contribution in [3.63, 3.8) is 0 Å². The summed E-state index contributed by atoms with van der Waals surface area (Å²) in [5.74, 6) is -0.748. The van der Waals surface area contributed by atoms with Gasteiger partial charge in [-0.15, -0.1) is 4.91 Å². The van der Waals surface area contributed by atoms with Crippen molar-refractivity contribution in [2.24, 2.45) is 10.4 Å². The Kier molecular flexibility index (Phi) is 6.94. The number of carbonyl (C=O) groups excluding carboxylic acids is 1. The maximum absolute atomic E-state index is 16.0. The van der Waals surface area contributed by atoms with E-state index in [1.54, 1.807) is 17.0 Å². The molecule has 3 aromatic carbocycles. The Morgan fingerprint density at radius 2 is 1.86 bits per heavy atom. The van der Waals surface area contributed by atoms with Crippen molar-refractivity contribution in [1.29, 1.82) is 0 Å². The van der Waals surface area contributed by atoms with Crippen molar-refractivity contribution >= 4 is 61.4 Å². The molecule has 188 valence electrons. The lowest BCUT2D eigenvalue weighted by atomic mass is 9.96. The first kappa shape index (κ1) is 24.9. The Labute approximate surface area is 220 Å². The van der Waals surface area contributed by atoms with Crippen LogP contribution in [0.5, 0.6) is 0 Å². The van der Waals surface area contributed by atoms with Crippen LogP contribution < -0.4 is 4.90 Å². The minimum absolute atomic E-state index is 0.0252. The van der Waals surface area contributed by atoms with Gasteiger partial charge in [0.15, 0.2) is 5.82 Å². The third-order valence-corrected chi connectivity index (χ3v) is 7.75. The summed E-state index contributed by atoms with van der Waals surface area (Å²) < 4.78 is 20.4. The maximum atomic E-state index is 16.0. The largest absolute Gasteiger partial charge is 0.358 e. The zero-order valence-electron chi connectivity index (χ0n) is 19.6. The van der Waals surface area contributed by atoms with E-state index in [-0.39, 0.29) is 40.7 Å². The van der Waals surface area contributed by atoms with E-state index in [9.17, 15) is 14.6 Å². The van der Waals surface area contributed by atoms with Gasteiger partial charge in [-0.25, -0.2) is 4.39 Å². The van der Waals surface area contributed by atoms with Crippen molar-refractivity contribution in [1.82, 2.24) is 9.27 Å². The molecule has 4 aromatic rings. The van der Waals surface area contributed by atoms with Gasteiger partial charge in [0.05, 0.1) is 11.6 Å². The van der Waals surface area contributed by atoms with Crippen LogP contribution in [0.25, 0.3) is 32.8 Å². The fraction of sp³-hybridized carbons (Fsp3) is 0.231. The van der Waals surface area contributed by atoms with Gasteiger partial charge in [0.1, 0.15) is 16.2 Å². The van der Waals surface area contributed by atoms with Gasteiger partial charge >= 0.3 is 0 Å². The van der Waals surface area contributed by atoms with E-state index in [1.807, 2.05) is 24.3 Å². The standard InChI is InChI=1S/C26H21ClFN5O3S/c1-15(6-7-29-35)25(34)32-8-10-33(11-9-32)26-20-14-21(27)22(23(28)24(20)31-37-26)19-13-17(30-36)12-16-4-2-3-5-18(16)19/h2-5,12-14H,1,6-11H2. The smallest absolute Gasteiger partial charge is 0.249 e. The number of carbonyl (C=O) groups is 1. The first-order chi connectivity index (χ1) is 17.9. The number of hydrogen-bond acceptors (Lipinski definition) is 8. The highest BCUT2D eigenvalue weighted by Crippen LogP contribution is 2.44. The predicted octanol–water partition coefficient (Wildman–Crippen LogP) is 6.67. The van der Waals surface area contributed by atoms with Crippen molar-refractivity contribution in [3.05, 3.63) is 75.3 Å². The van der Waals surface area contributed by atoms with Crippen LogP contribution in [0.2, 0.25) is 5.02 Å². The van der Waals surface area contributed by atoms with Crippen LogP contribution in [0.3, 0.4) is 0 Å². The van der Waals surface area contributed by atoms with Crippen molar-refractivity contribution in [2.45, 2.75) is 6.42 Å². The zero-order chi connectivity index (χ0) is 26.1. The number of halogens is 2. The lowest BCUT2D eigenvalue weighted by Crippen LogP contribution is -2.49. The van der Waals surface area contributed by atoms with Gasteiger partial charge in [-0.3, -0.25) is 4.79 Å². The number of piperazine rings is 1. The number of amides is 1. The summed E-state index contributed by atoms with van der Waals surface area (Å²) in [5, 5.41) is 8.90. The summed E-state index contributed by atoms with van der Waals surface area (Å²) in [7, 11) is 0. The third-order valence-electron chi connectivity index (χ3n) is 6.53.